The number of H-pyrrole nitrogens is 1. The third-order valence-electron chi connectivity index (χ3n) is 5.10. The molecule has 0 aliphatic carbocycles. The van der Waals surface area contributed by atoms with Crippen molar-refractivity contribution in [1.29, 1.82) is 0 Å². The van der Waals surface area contributed by atoms with Gasteiger partial charge in [-0.25, -0.2) is 15.0 Å². The Morgan fingerprint density at radius 3 is 2.19 bits per heavy atom. The highest BCUT2D eigenvalue weighted by Gasteiger charge is 2.13. The predicted octanol–water partition coefficient (Wildman–Crippen LogP) is 4.05. The van der Waals surface area contributed by atoms with E-state index in [1.54, 1.807) is 26.6 Å². The first-order chi connectivity index (χ1) is 15.2. The molecule has 0 radical (unpaired) electrons. The Labute approximate surface area is 178 Å². The molecular formula is C23H20N6O2. The Morgan fingerprint density at radius 1 is 0.839 bits per heavy atom. The van der Waals surface area contributed by atoms with Crippen molar-refractivity contribution in [2.75, 3.05) is 20.0 Å². The molecule has 5 rings (SSSR count). The van der Waals surface area contributed by atoms with Crippen LogP contribution in [-0.2, 0) is 0 Å². The van der Waals surface area contributed by atoms with Crippen LogP contribution in [0.5, 0.6) is 11.5 Å². The number of rotatable bonds is 5. The van der Waals surface area contributed by atoms with Crippen LogP contribution in [0.3, 0.4) is 0 Å². The molecule has 8 heteroatoms. The van der Waals surface area contributed by atoms with Crippen molar-refractivity contribution < 1.29 is 9.47 Å². The normalized spacial score (nSPS) is 11.0. The molecule has 0 aliphatic heterocycles. The molecule has 0 saturated carbocycles. The molecular weight excluding hydrogens is 392 g/mol. The topological polar surface area (TPSA) is 103 Å². The Morgan fingerprint density at radius 2 is 1.52 bits per heavy atom. The summed E-state index contributed by atoms with van der Waals surface area (Å²) in [4.78, 5) is 16.6. The first-order valence-corrected chi connectivity index (χ1v) is 9.64. The molecule has 0 aliphatic rings. The minimum absolute atomic E-state index is 0.360. The number of hydrogen-bond acceptors (Lipinski definition) is 6. The molecule has 31 heavy (non-hydrogen) atoms. The summed E-state index contributed by atoms with van der Waals surface area (Å²) < 4.78 is 12.6. The van der Waals surface area contributed by atoms with E-state index in [4.69, 9.17) is 15.2 Å². The number of nitrogens with two attached hydrogens (primary N) is 1. The van der Waals surface area contributed by atoms with Gasteiger partial charge in [-0.2, -0.15) is 0 Å². The van der Waals surface area contributed by atoms with E-state index in [1.165, 1.54) is 0 Å². The molecule has 0 fully saturated rings. The number of imidazole rings is 2. The van der Waals surface area contributed by atoms with Crippen LogP contribution in [0.1, 0.15) is 0 Å². The zero-order valence-electron chi connectivity index (χ0n) is 17.0. The molecule has 3 heterocycles. The average Bonchev–Trinajstić information content (AvgIpc) is 3.49. The molecule has 3 N–H and O–H groups in total. The van der Waals surface area contributed by atoms with Crippen molar-refractivity contribution >= 4 is 11.5 Å². The van der Waals surface area contributed by atoms with Gasteiger partial charge in [0.05, 0.1) is 25.6 Å². The molecule has 154 valence electrons. The van der Waals surface area contributed by atoms with Crippen molar-refractivity contribution in [3.8, 4) is 45.4 Å². The number of aromatic nitrogens is 5. The van der Waals surface area contributed by atoms with Crippen LogP contribution >= 0.6 is 0 Å². The van der Waals surface area contributed by atoms with Crippen molar-refractivity contribution in [3.05, 3.63) is 67.3 Å². The number of nitrogens with one attached hydrogen (secondary N) is 1. The molecule has 0 atom stereocenters. The van der Waals surface area contributed by atoms with E-state index >= 15 is 0 Å². The molecule has 0 bridgehead atoms. The number of fused-ring (bicyclic) bond motifs is 1. The molecule has 0 spiro atoms. The van der Waals surface area contributed by atoms with Crippen LogP contribution in [0.4, 0.5) is 5.82 Å². The Balaban J connectivity index is 1.53. The fraction of sp³-hybridized carbons (Fsp3) is 0.0870. The van der Waals surface area contributed by atoms with Crippen molar-refractivity contribution in [2.24, 2.45) is 0 Å². The van der Waals surface area contributed by atoms with Gasteiger partial charge in [0.2, 0.25) is 0 Å². The summed E-state index contributed by atoms with van der Waals surface area (Å²) in [7, 11) is 3.22. The molecule has 5 aromatic rings. The Kier molecular flexibility index (Phi) is 4.51. The smallest absolute Gasteiger partial charge is 0.180 e. The zero-order chi connectivity index (χ0) is 21.4. The Bertz CT molecular complexity index is 1360. The minimum atomic E-state index is 0.360. The van der Waals surface area contributed by atoms with Gasteiger partial charge in [0.1, 0.15) is 5.82 Å². The number of benzene rings is 2. The quantitative estimate of drug-likeness (QED) is 0.451. The van der Waals surface area contributed by atoms with Gasteiger partial charge in [-0.3, -0.25) is 0 Å². The van der Waals surface area contributed by atoms with Gasteiger partial charge in [0, 0.05) is 41.5 Å². The van der Waals surface area contributed by atoms with Crippen LogP contribution in [0.2, 0.25) is 0 Å². The number of anilines is 1. The van der Waals surface area contributed by atoms with Gasteiger partial charge in [0.15, 0.2) is 23.0 Å². The second-order valence-electron chi connectivity index (χ2n) is 6.95. The number of aromatic amines is 1. The van der Waals surface area contributed by atoms with E-state index in [-0.39, 0.29) is 0 Å². The van der Waals surface area contributed by atoms with Gasteiger partial charge < -0.3 is 24.6 Å². The first kappa shape index (κ1) is 18.7. The standard InChI is InChI=1S/C23H20N6O2/c1-30-19-8-7-16(11-20(19)31-2)18-13-29-12-17(27-21(24)23(29)28-18)14-3-5-15(6-4-14)22-25-9-10-26-22/h3-13H,1-2H3,(H2,24,27)(H,25,26). The van der Waals surface area contributed by atoms with E-state index in [2.05, 4.69) is 19.9 Å². The molecule has 0 unspecified atom stereocenters. The number of nitrogen functional groups attached to an aromatic ring is 1. The summed E-state index contributed by atoms with van der Waals surface area (Å²) in [5, 5.41) is 0. The second kappa shape index (κ2) is 7.49. The summed E-state index contributed by atoms with van der Waals surface area (Å²) in [5.41, 5.74) is 11.2. The van der Waals surface area contributed by atoms with E-state index in [0.717, 1.165) is 33.9 Å². The summed E-state index contributed by atoms with van der Waals surface area (Å²) in [6, 6.07) is 13.7. The maximum Gasteiger partial charge on any atom is 0.180 e. The lowest BCUT2D eigenvalue weighted by molar-refractivity contribution is 0.355. The number of ether oxygens (including phenoxy) is 2. The van der Waals surface area contributed by atoms with Gasteiger partial charge >= 0.3 is 0 Å². The predicted molar refractivity (Wildman–Crippen MR) is 119 cm³/mol. The average molecular weight is 412 g/mol. The summed E-state index contributed by atoms with van der Waals surface area (Å²) in [6.45, 7) is 0. The maximum atomic E-state index is 6.24. The molecule has 0 amide bonds. The van der Waals surface area contributed by atoms with E-state index < -0.39 is 0 Å². The lowest BCUT2D eigenvalue weighted by atomic mass is 10.1. The molecule has 2 aromatic carbocycles. The lowest BCUT2D eigenvalue weighted by Gasteiger charge is -2.08. The molecule has 3 aromatic heterocycles. The van der Waals surface area contributed by atoms with E-state index in [0.29, 0.717) is 23.0 Å². The highest BCUT2D eigenvalue weighted by atomic mass is 16.5. The largest absolute Gasteiger partial charge is 0.493 e. The molecule has 8 nitrogen and oxygen atoms in total. The highest BCUT2D eigenvalue weighted by molar-refractivity contribution is 5.73. The minimum Gasteiger partial charge on any atom is -0.493 e. The Hall–Kier alpha value is -4.33. The van der Waals surface area contributed by atoms with E-state index in [9.17, 15) is 0 Å². The summed E-state index contributed by atoms with van der Waals surface area (Å²) >= 11 is 0. The second-order valence-corrected chi connectivity index (χ2v) is 6.95. The zero-order valence-corrected chi connectivity index (χ0v) is 17.0. The third-order valence-corrected chi connectivity index (χ3v) is 5.10. The van der Waals surface area contributed by atoms with Crippen molar-refractivity contribution in [3.63, 3.8) is 0 Å². The summed E-state index contributed by atoms with van der Waals surface area (Å²) in [5.74, 6) is 2.49. The monoisotopic (exact) mass is 412 g/mol. The van der Waals surface area contributed by atoms with Crippen LogP contribution in [0.15, 0.2) is 67.3 Å². The van der Waals surface area contributed by atoms with Crippen molar-refractivity contribution in [2.45, 2.75) is 0 Å². The van der Waals surface area contributed by atoms with E-state index in [1.807, 2.05) is 59.3 Å². The van der Waals surface area contributed by atoms with Gasteiger partial charge in [-0.15, -0.1) is 0 Å². The van der Waals surface area contributed by atoms with Crippen LogP contribution in [0.25, 0.3) is 39.5 Å². The van der Waals surface area contributed by atoms with Crippen LogP contribution in [-0.4, -0.2) is 38.6 Å². The fourth-order valence-corrected chi connectivity index (χ4v) is 3.52. The molecule has 0 saturated heterocycles. The first-order valence-electron chi connectivity index (χ1n) is 9.64. The van der Waals surface area contributed by atoms with Gasteiger partial charge in [-0.05, 0) is 18.2 Å². The number of nitrogens with zero attached hydrogens (tertiary/aromatic N) is 4. The summed E-state index contributed by atoms with van der Waals surface area (Å²) in [6.07, 6.45) is 7.38. The third kappa shape index (κ3) is 3.33. The van der Waals surface area contributed by atoms with Gasteiger partial charge in [0.25, 0.3) is 0 Å². The van der Waals surface area contributed by atoms with Crippen molar-refractivity contribution in [1.82, 2.24) is 24.3 Å². The fourth-order valence-electron chi connectivity index (χ4n) is 3.52. The maximum absolute atomic E-state index is 6.24. The SMILES string of the molecule is COc1ccc(-c2cn3cc(-c4ccc(-c5ncc[nH]5)cc4)nc(N)c3n2)cc1OC. The van der Waals surface area contributed by atoms with Crippen LogP contribution < -0.4 is 15.2 Å². The highest BCUT2D eigenvalue weighted by Crippen LogP contribution is 2.33. The van der Waals surface area contributed by atoms with Crippen LogP contribution in [0, 0.1) is 0 Å². The van der Waals surface area contributed by atoms with Gasteiger partial charge in [-0.1, -0.05) is 24.3 Å². The number of hydrogen-bond donors (Lipinski definition) is 2. The lowest BCUT2D eigenvalue weighted by Crippen LogP contribution is -1.98. The number of methoxy groups -OCH3 is 2.